The predicted octanol–water partition coefficient (Wildman–Crippen LogP) is 3.75. The molecule has 1 heterocycles. The largest absolute Gasteiger partial charge is 0.486 e. The average molecular weight is 436 g/mol. The molecule has 0 radical (unpaired) electrons. The highest BCUT2D eigenvalue weighted by Gasteiger charge is 2.18. The van der Waals surface area contributed by atoms with Crippen molar-refractivity contribution in [3.05, 3.63) is 58.6 Å². The number of benzene rings is 2. The summed E-state index contributed by atoms with van der Waals surface area (Å²) in [6, 6.07) is 9.79. The Bertz CT molecular complexity index is 1050. The standard InChI is InChI=1S/C21H22ClNO5S/c1-14(16-5-7-17(8-6-16)29(3,25)26)23(2)20(24)9-4-15-12-18(22)21-19(13-15)27-10-11-28-21/h4-9,12-14H,10-11H2,1-3H3/b9-4+/t14-/m1/s1. The highest BCUT2D eigenvalue weighted by Crippen LogP contribution is 2.38. The summed E-state index contributed by atoms with van der Waals surface area (Å²) in [5.74, 6) is 0.879. The van der Waals surface area contributed by atoms with Gasteiger partial charge in [-0.1, -0.05) is 23.7 Å². The van der Waals surface area contributed by atoms with Gasteiger partial charge in [0.15, 0.2) is 21.3 Å². The quantitative estimate of drug-likeness (QED) is 0.669. The maximum Gasteiger partial charge on any atom is 0.246 e. The first-order chi connectivity index (χ1) is 13.7. The summed E-state index contributed by atoms with van der Waals surface area (Å²) in [5.41, 5.74) is 1.56. The van der Waals surface area contributed by atoms with Gasteiger partial charge in [-0.15, -0.1) is 0 Å². The lowest BCUT2D eigenvalue weighted by Gasteiger charge is -2.24. The van der Waals surface area contributed by atoms with Gasteiger partial charge < -0.3 is 14.4 Å². The fraction of sp³-hybridized carbons (Fsp3) is 0.286. The second-order valence-electron chi connectivity index (χ2n) is 6.83. The minimum atomic E-state index is -3.25. The summed E-state index contributed by atoms with van der Waals surface area (Å²) in [5, 5.41) is 0.432. The molecule has 0 spiro atoms. The van der Waals surface area contributed by atoms with Crippen LogP contribution in [0.4, 0.5) is 0 Å². The van der Waals surface area contributed by atoms with Crippen molar-refractivity contribution in [3.63, 3.8) is 0 Å². The highest BCUT2D eigenvalue weighted by molar-refractivity contribution is 7.90. The molecule has 0 unspecified atom stereocenters. The van der Waals surface area contributed by atoms with Crippen LogP contribution in [0.25, 0.3) is 6.08 Å². The smallest absolute Gasteiger partial charge is 0.246 e. The Morgan fingerprint density at radius 3 is 2.48 bits per heavy atom. The molecular formula is C21H22ClNO5S. The van der Waals surface area contributed by atoms with Gasteiger partial charge in [-0.05, 0) is 48.4 Å². The molecule has 0 saturated carbocycles. The predicted molar refractivity (Wildman–Crippen MR) is 112 cm³/mol. The van der Waals surface area contributed by atoms with Crippen LogP contribution in [0.2, 0.25) is 5.02 Å². The molecule has 8 heteroatoms. The summed E-state index contributed by atoms with van der Waals surface area (Å²) in [6.07, 6.45) is 4.29. The number of fused-ring (bicyclic) bond motifs is 1. The van der Waals surface area contributed by atoms with E-state index in [9.17, 15) is 13.2 Å². The Balaban J connectivity index is 1.72. The van der Waals surface area contributed by atoms with Gasteiger partial charge in [0.05, 0.1) is 16.0 Å². The molecule has 1 aliphatic rings. The van der Waals surface area contributed by atoms with Crippen LogP contribution in [0.15, 0.2) is 47.4 Å². The van der Waals surface area contributed by atoms with E-state index in [2.05, 4.69) is 0 Å². The summed E-state index contributed by atoms with van der Waals surface area (Å²) in [4.78, 5) is 14.4. The van der Waals surface area contributed by atoms with Crippen molar-refractivity contribution >= 4 is 33.4 Å². The van der Waals surface area contributed by atoms with E-state index in [4.69, 9.17) is 21.1 Å². The lowest BCUT2D eigenvalue weighted by molar-refractivity contribution is -0.126. The molecule has 0 aliphatic carbocycles. The number of halogens is 1. The molecule has 0 fully saturated rings. The lowest BCUT2D eigenvalue weighted by atomic mass is 10.1. The molecule has 1 atom stereocenters. The number of carbonyl (C=O) groups excluding carboxylic acids is 1. The van der Waals surface area contributed by atoms with Crippen LogP contribution in [-0.2, 0) is 14.6 Å². The van der Waals surface area contributed by atoms with E-state index >= 15 is 0 Å². The fourth-order valence-electron chi connectivity index (χ4n) is 2.92. The zero-order valence-electron chi connectivity index (χ0n) is 16.4. The van der Waals surface area contributed by atoms with Crippen LogP contribution in [0.3, 0.4) is 0 Å². The van der Waals surface area contributed by atoms with Crippen molar-refractivity contribution in [2.45, 2.75) is 17.9 Å². The molecule has 1 amide bonds. The number of rotatable bonds is 5. The monoisotopic (exact) mass is 435 g/mol. The molecule has 2 aromatic carbocycles. The minimum Gasteiger partial charge on any atom is -0.486 e. The first-order valence-electron chi connectivity index (χ1n) is 9.01. The van der Waals surface area contributed by atoms with E-state index in [1.54, 1.807) is 54.4 Å². The first-order valence-corrected chi connectivity index (χ1v) is 11.3. The van der Waals surface area contributed by atoms with E-state index in [1.165, 1.54) is 6.08 Å². The molecule has 0 N–H and O–H groups in total. The van der Waals surface area contributed by atoms with E-state index in [0.717, 1.165) is 17.4 Å². The topological polar surface area (TPSA) is 72.9 Å². The number of likely N-dealkylation sites (N-methyl/N-ethyl adjacent to an activating group) is 1. The third-order valence-corrected chi connectivity index (χ3v) is 6.17. The SMILES string of the molecule is C[C@H](c1ccc(S(C)(=O)=O)cc1)N(C)C(=O)/C=C/c1cc(Cl)c2c(c1)OCCO2. The number of nitrogens with zero attached hydrogens (tertiary/aromatic N) is 1. The first kappa shape index (κ1) is 21.2. The van der Waals surface area contributed by atoms with Gasteiger partial charge >= 0.3 is 0 Å². The normalized spacial score (nSPS) is 14.6. The molecule has 154 valence electrons. The van der Waals surface area contributed by atoms with Gasteiger partial charge in [0.2, 0.25) is 5.91 Å². The Kier molecular flexibility index (Phi) is 6.19. The summed E-state index contributed by atoms with van der Waals surface area (Å²) in [6.45, 7) is 2.78. The third-order valence-electron chi connectivity index (χ3n) is 4.76. The zero-order chi connectivity index (χ0) is 21.2. The number of hydrogen-bond donors (Lipinski definition) is 0. The zero-order valence-corrected chi connectivity index (χ0v) is 18.0. The second kappa shape index (κ2) is 8.47. The van der Waals surface area contributed by atoms with Crippen molar-refractivity contribution in [1.29, 1.82) is 0 Å². The maximum absolute atomic E-state index is 12.6. The van der Waals surface area contributed by atoms with Crippen LogP contribution in [0.5, 0.6) is 11.5 Å². The van der Waals surface area contributed by atoms with Crippen LogP contribution in [0, 0.1) is 0 Å². The van der Waals surface area contributed by atoms with E-state index in [0.29, 0.717) is 29.7 Å². The van der Waals surface area contributed by atoms with Gasteiger partial charge in [-0.3, -0.25) is 4.79 Å². The molecule has 0 aromatic heterocycles. The molecule has 2 aromatic rings. The molecule has 3 rings (SSSR count). The van der Waals surface area contributed by atoms with Gasteiger partial charge in [0.25, 0.3) is 0 Å². The van der Waals surface area contributed by atoms with Gasteiger partial charge in [-0.25, -0.2) is 8.42 Å². The van der Waals surface area contributed by atoms with E-state index in [-0.39, 0.29) is 16.8 Å². The molecular weight excluding hydrogens is 414 g/mol. The highest BCUT2D eigenvalue weighted by atomic mass is 35.5. The third kappa shape index (κ3) is 4.92. The summed E-state index contributed by atoms with van der Waals surface area (Å²) >= 11 is 6.22. The van der Waals surface area contributed by atoms with Crippen LogP contribution < -0.4 is 9.47 Å². The van der Waals surface area contributed by atoms with Gasteiger partial charge in [0, 0.05) is 19.4 Å². The van der Waals surface area contributed by atoms with Crippen LogP contribution in [-0.4, -0.2) is 45.7 Å². The van der Waals surface area contributed by atoms with Crippen LogP contribution in [0.1, 0.15) is 24.1 Å². The molecule has 0 saturated heterocycles. The molecule has 1 aliphatic heterocycles. The van der Waals surface area contributed by atoms with Gasteiger partial charge in [0.1, 0.15) is 13.2 Å². The van der Waals surface area contributed by atoms with Crippen molar-refractivity contribution in [1.82, 2.24) is 4.90 Å². The Morgan fingerprint density at radius 2 is 1.83 bits per heavy atom. The van der Waals surface area contributed by atoms with Gasteiger partial charge in [-0.2, -0.15) is 0 Å². The number of carbonyl (C=O) groups is 1. The number of sulfone groups is 1. The van der Waals surface area contributed by atoms with Crippen molar-refractivity contribution in [2.24, 2.45) is 0 Å². The molecule has 0 bridgehead atoms. The summed E-state index contributed by atoms with van der Waals surface area (Å²) < 4.78 is 34.2. The Morgan fingerprint density at radius 1 is 1.17 bits per heavy atom. The lowest BCUT2D eigenvalue weighted by Crippen LogP contribution is -2.28. The van der Waals surface area contributed by atoms with Crippen molar-refractivity contribution in [2.75, 3.05) is 26.5 Å². The van der Waals surface area contributed by atoms with Crippen molar-refractivity contribution < 1.29 is 22.7 Å². The number of ether oxygens (including phenoxy) is 2. The maximum atomic E-state index is 12.6. The summed E-state index contributed by atoms with van der Waals surface area (Å²) in [7, 11) is -1.56. The van der Waals surface area contributed by atoms with Crippen molar-refractivity contribution in [3.8, 4) is 11.5 Å². The number of amides is 1. The Labute approximate surface area is 175 Å². The second-order valence-corrected chi connectivity index (χ2v) is 9.25. The molecule has 29 heavy (non-hydrogen) atoms. The van der Waals surface area contributed by atoms with E-state index in [1.807, 2.05) is 6.92 Å². The average Bonchev–Trinajstić information content (AvgIpc) is 2.70. The fourth-order valence-corrected chi connectivity index (χ4v) is 3.82. The molecule has 6 nitrogen and oxygen atoms in total. The minimum absolute atomic E-state index is 0.198. The Hall–Kier alpha value is -2.51. The number of hydrogen-bond acceptors (Lipinski definition) is 5. The van der Waals surface area contributed by atoms with Crippen LogP contribution >= 0.6 is 11.6 Å². The van der Waals surface area contributed by atoms with E-state index < -0.39 is 9.84 Å².